The molecule has 1 aliphatic rings. The van der Waals surface area contributed by atoms with E-state index in [4.69, 9.17) is 5.73 Å². The number of nitrogens with two attached hydrogens (primary N) is 1. The first-order valence-electron chi connectivity index (χ1n) is 25.1. The number of nitrogen functional groups attached to an aromatic ring is 1. The van der Waals surface area contributed by atoms with Crippen molar-refractivity contribution in [3.8, 4) is 33.4 Å². The number of aryl methyl sites for hydroxylation is 1. The number of nitrogens with one attached hydrogen (secondary N) is 1. The van der Waals surface area contributed by atoms with E-state index < -0.39 is 0 Å². The van der Waals surface area contributed by atoms with Crippen LogP contribution >= 0.6 is 0 Å². The molecule has 3 N–H and O–H groups in total. The lowest BCUT2D eigenvalue weighted by Gasteiger charge is -2.28. The summed E-state index contributed by atoms with van der Waals surface area (Å²) in [7, 11) is 0. The number of para-hydroxylation sites is 3. The molecule has 1 aromatic heterocycles. The van der Waals surface area contributed by atoms with Gasteiger partial charge >= 0.3 is 0 Å². The van der Waals surface area contributed by atoms with Gasteiger partial charge in [0, 0.05) is 44.6 Å². The van der Waals surface area contributed by atoms with Gasteiger partial charge in [0.05, 0.1) is 5.52 Å². The van der Waals surface area contributed by atoms with E-state index in [0.29, 0.717) is 0 Å². The Morgan fingerprint density at radius 1 is 0.611 bits per heavy atom. The summed E-state index contributed by atoms with van der Waals surface area (Å²) in [6, 6.07) is 68.7. The average molecular weight is 936 g/mol. The zero-order chi connectivity index (χ0) is 49.9. The number of hydrogen-bond acceptors (Lipinski definition) is 2. The molecule has 0 aliphatic heterocycles. The van der Waals surface area contributed by atoms with Gasteiger partial charge in [-0.25, -0.2) is 0 Å². The molecule has 3 nitrogen and oxygen atoms in total. The molecule has 1 aliphatic carbocycles. The lowest BCUT2D eigenvalue weighted by atomic mass is 9.96. The molecule has 356 valence electrons. The highest BCUT2D eigenvalue weighted by molar-refractivity contribution is 6.11. The second-order valence-corrected chi connectivity index (χ2v) is 17.9. The number of H-pyrrole nitrogens is 1. The maximum absolute atomic E-state index is 5.60. The zero-order valence-electron chi connectivity index (χ0n) is 41.9. The quantitative estimate of drug-likeness (QED) is 0.0894. The molecule has 0 spiro atoms. The largest absolute Gasteiger partial charge is 0.399 e. The van der Waals surface area contributed by atoms with Crippen molar-refractivity contribution in [2.75, 3.05) is 10.6 Å². The highest BCUT2D eigenvalue weighted by Crippen LogP contribution is 2.37. The fourth-order valence-corrected chi connectivity index (χ4v) is 9.09. The molecule has 10 rings (SSSR count). The third-order valence-electron chi connectivity index (χ3n) is 12.7. The summed E-state index contributed by atoms with van der Waals surface area (Å²) in [5.74, 6) is 0. The minimum absolute atomic E-state index is 0.805. The van der Waals surface area contributed by atoms with E-state index >= 15 is 0 Å². The van der Waals surface area contributed by atoms with Gasteiger partial charge in [0.1, 0.15) is 0 Å². The molecule has 8 aromatic carbocycles. The summed E-state index contributed by atoms with van der Waals surface area (Å²) in [5.41, 5.74) is 24.6. The molecule has 0 saturated carbocycles. The van der Waals surface area contributed by atoms with Gasteiger partial charge in [0.25, 0.3) is 0 Å². The summed E-state index contributed by atoms with van der Waals surface area (Å²) < 4.78 is 0. The standard InChI is InChI=1S/C51H44N2.C12H11N.C6H10/c1-3-15-44(23-13-18-38-16-6-4-7-17-38)53(45-21-8-5-9-22-45)50-33-32-42(34-37(50)2)41-30-28-39(29-31-41)35-40-19-12-20-43(36-40)46-25-14-26-48-47-24-10-11-27-49(47)52-51(46)48;13-12-8-6-11(7-9-12)10-4-2-1-3-5-10;1-3-5-6-4-2/h3,5-6,8-17,19-34,36,52H,1,4,7,18,35H2,2H3;1-9H,13H2;3-6H,1-2H3/b23-13-,44-15+;;5-3-,6-4-. The fraction of sp³-hybridized carbons (Fsp3) is 0.101. The van der Waals surface area contributed by atoms with Crippen molar-refractivity contribution in [2.24, 2.45) is 0 Å². The SMILES string of the molecule is C/C=C\C=C/C.C=C/C=C(\C=C/CC1=CCCC=C1)N(c1ccccc1)c1ccc(-c2ccc(Cc3cccc(-c4cccc5c4[nH]c4ccccc45)c3)cc2)cc1C.Nc1ccc(-c2ccccc2)cc1. The molecule has 0 radical (unpaired) electrons. The predicted octanol–water partition coefficient (Wildman–Crippen LogP) is 19.1. The van der Waals surface area contributed by atoms with Crippen molar-refractivity contribution in [1.82, 2.24) is 4.98 Å². The molecule has 0 bridgehead atoms. The van der Waals surface area contributed by atoms with Crippen LogP contribution in [0.2, 0.25) is 0 Å². The number of aromatic amines is 1. The van der Waals surface area contributed by atoms with Crippen LogP contribution in [0.15, 0.2) is 279 Å². The van der Waals surface area contributed by atoms with Gasteiger partial charge in [-0.15, -0.1) is 0 Å². The van der Waals surface area contributed by atoms with Crippen molar-refractivity contribution in [2.45, 2.75) is 46.5 Å². The summed E-state index contributed by atoms with van der Waals surface area (Å²) in [5, 5.41) is 2.53. The molecule has 3 heteroatoms. The van der Waals surface area contributed by atoms with Crippen molar-refractivity contribution in [3.05, 3.63) is 295 Å². The summed E-state index contributed by atoms with van der Waals surface area (Å²) in [4.78, 5) is 6.00. The molecule has 0 saturated heterocycles. The van der Waals surface area contributed by atoms with Crippen LogP contribution in [0.1, 0.15) is 49.8 Å². The Hall–Kier alpha value is -8.66. The fourth-order valence-electron chi connectivity index (χ4n) is 9.09. The van der Waals surface area contributed by atoms with E-state index in [2.05, 4.69) is 212 Å². The maximum Gasteiger partial charge on any atom is 0.0544 e. The molecule has 1 heterocycles. The molecule has 0 amide bonds. The van der Waals surface area contributed by atoms with Gasteiger partial charge in [-0.05, 0) is 151 Å². The van der Waals surface area contributed by atoms with E-state index in [1.807, 2.05) is 86.7 Å². The van der Waals surface area contributed by atoms with E-state index in [9.17, 15) is 0 Å². The summed E-state index contributed by atoms with van der Waals surface area (Å²) in [6.45, 7) is 10.3. The third-order valence-corrected chi connectivity index (χ3v) is 12.7. The van der Waals surface area contributed by atoms with Crippen LogP contribution < -0.4 is 10.6 Å². The second-order valence-electron chi connectivity index (χ2n) is 17.9. The number of hydrogen-bond donors (Lipinski definition) is 2. The van der Waals surface area contributed by atoms with Crippen LogP contribution in [0.5, 0.6) is 0 Å². The Kier molecular flexibility index (Phi) is 17.5. The summed E-state index contributed by atoms with van der Waals surface area (Å²) >= 11 is 0. The zero-order valence-corrected chi connectivity index (χ0v) is 41.9. The van der Waals surface area contributed by atoms with E-state index in [0.717, 1.165) is 48.4 Å². The molecule has 0 fully saturated rings. The van der Waals surface area contributed by atoms with Crippen molar-refractivity contribution in [1.29, 1.82) is 0 Å². The van der Waals surface area contributed by atoms with Crippen molar-refractivity contribution in [3.63, 3.8) is 0 Å². The lowest BCUT2D eigenvalue weighted by molar-refractivity contribution is 1.00. The minimum Gasteiger partial charge on any atom is -0.399 e. The smallest absolute Gasteiger partial charge is 0.0544 e. The number of nitrogens with zero attached hydrogens (tertiary/aromatic N) is 1. The number of fused-ring (bicyclic) bond motifs is 3. The summed E-state index contributed by atoms with van der Waals surface area (Å²) in [6.07, 6.45) is 27.4. The Labute approximate surface area is 427 Å². The topological polar surface area (TPSA) is 45.0 Å². The van der Waals surface area contributed by atoms with Crippen LogP contribution in [0.4, 0.5) is 17.1 Å². The normalized spacial score (nSPS) is 12.4. The Balaban J connectivity index is 0.000000305. The molecule has 72 heavy (non-hydrogen) atoms. The van der Waals surface area contributed by atoms with E-state index in [1.54, 1.807) is 0 Å². The van der Waals surface area contributed by atoms with Gasteiger partial charge in [-0.2, -0.15) is 0 Å². The van der Waals surface area contributed by atoms with E-state index in [1.165, 1.54) is 77.5 Å². The number of rotatable bonds is 13. The van der Waals surface area contributed by atoms with Gasteiger partial charge in [0.15, 0.2) is 0 Å². The maximum atomic E-state index is 5.60. The average Bonchev–Trinajstić information content (AvgIpc) is 3.82. The Morgan fingerprint density at radius 2 is 1.25 bits per heavy atom. The number of allylic oxidation sites excluding steroid dienone is 12. The van der Waals surface area contributed by atoms with Crippen LogP contribution in [0, 0.1) is 6.92 Å². The Bertz CT molecular complexity index is 3370. The Morgan fingerprint density at radius 3 is 1.96 bits per heavy atom. The molecular weight excluding hydrogens is 871 g/mol. The van der Waals surface area contributed by atoms with Crippen LogP contribution in [-0.2, 0) is 6.42 Å². The number of anilines is 3. The van der Waals surface area contributed by atoms with Gasteiger partial charge in [0.2, 0.25) is 0 Å². The van der Waals surface area contributed by atoms with Crippen molar-refractivity contribution < 1.29 is 0 Å². The lowest BCUT2D eigenvalue weighted by Crippen LogP contribution is -2.16. The molecule has 0 atom stereocenters. The highest BCUT2D eigenvalue weighted by Gasteiger charge is 2.16. The predicted molar refractivity (Wildman–Crippen MR) is 314 cm³/mol. The van der Waals surface area contributed by atoms with Gasteiger partial charge < -0.3 is 15.6 Å². The minimum atomic E-state index is 0.805. The first-order chi connectivity index (χ1) is 35.4. The number of aromatic nitrogens is 1. The highest BCUT2D eigenvalue weighted by atomic mass is 15.1. The molecule has 0 unspecified atom stereocenters. The van der Waals surface area contributed by atoms with Crippen LogP contribution in [0.3, 0.4) is 0 Å². The van der Waals surface area contributed by atoms with Gasteiger partial charge in [-0.3, -0.25) is 0 Å². The van der Waals surface area contributed by atoms with E-state index in [-0.39, 0.29) is 0 Å². The van der Waals surface area contributed by atoms with Crippen LogP contribution in [-0.4, -0.2) is 4.98 Å². The van der Waals surface area contributed by atoms with Gasteiger partial charge in [-0.1, -0.05) is 213 Å². The van der Waals surface area contributed by atoms with Crippen molar-refractivity contribution >= 4 is 38.9 Å². The third kappa shape index (κ3) is 12.9. The number of benzene rings is 8. The first kappa shape index (κ1) is 49.8. The van der Waals surface area contributed by atoms with Crippen LogP contribution in [0.25, 0.3) is 55.2 Å². The molecular formula is C69H65N3. The monoisotopic (exact) mass is 936 g/mol. The second kappa shape index (κ2) is 25.3. The first-order valence-corrected chi connectivity index (χ1v) is 25.1. The molecule has 9 aromatic rings.